The van der Waals surface area contributed by atoms with E-state index in [1.54, 1.807) is 67.6 Å². The van der Waals surface area contributed by atoms with Crippen molar-refractivity contribution < 1.29 is 22.7 Å². The molecule has 0 saturated heterocycles. The van der Waals surface area contributed by atoms with Crippen molar-refractivity contribution in [2.75, 3.05) is 23.7 Å². The lowest BCUT2D eigenvalue weighted by atomic mass is 10.0. The van der Waals surface area contributed by atoms with Crippen molar-refractivity contribution in [1.29, 1.82) is 0 Å². The van der Waals surface area contributed by atoms with Crippen molar-refractivity contribution in [3.8, 4) is 5.75 Å². The average Bonchev–Trinajstić information content (AvgIpc) is 3.10. The molecule has 254 valence electrons. The van der Waals surface area contributed by atoms with Crippen LogP contribution in [0.15, 0.2) is 113 Å². The van der Waals surface area contributed by atoms with E-state index in [0.717, 1.165) is 20.3 Å². The number of hydrogen-bond acceptors (Lipinski definition) is 6. The SMILES string of the molecule is CCOc1ccccc1N(CC(=O)N(Cc1ccc(Cl)cc1)[C@H](Cc1ccccc1)C(=O)N[C@@H](C)CC)S(=O)(=O)c1ccc(SC)cc1. The van der Waals surface area contributed by atoms with Crippen LogP contribution in [0.5, 0.6) is 5.75 Å². The van der Waals surface area contributed by atoms with Crippen LogP contribution in [0.4, 0.5) is 5.69 Å². The Morgan fingerprint density at radius 2 is 1.52 bits per heavy atom. The van der Waals surface area contributed by atoms with Gasteiger partial charge >= 0.3 is 0 Å². The number of halogens is 1. The molecule has 1 N–H and O–H groups in total. The summed E-state index contributed by atoms with van der Waals surface area (Å²) in [7, 11) is -4.28. The molecule has 4 rings (SSSR count). The van der Waals surface area contributed by atoms with Crippen molar-refractivity contribution in [2.45, 2.75) is 62.0 Å². The Hall–Kier alpha value is -3.99. The molecule has 4 aromatic carbocycles. The average molecular weight is 708 g/mol. The molecule has 11 heteroatoms. The number of nitrogens with one attached hydrogen (secondary N) is 1. The number of benzene rings is 4. The van der Waals surface area contributed by atoms with E-state index in [1.165, 1.54) is 28.8 Å². The van der Waals surface area contributed by atoms with Gasteiger partial charge < -0.3 is 15.0 Å². The monoisotopic (exact) mass is 707 g/mol. The first-order valence-corrected chi connectivity index (χ1v) is 18.9. The second kappa shape index (κ2) is 17.4. The summed E-state index contributed by atoms with van der Waals surface area (Å²) in [5.41, 5.74) is 1.81. The number of carbonyl (C=O) groups is 2. The maximum atomic E-state index is 14.7. The van der Waals surface area contributed by atoms with E-state index in [-0.39, 0.29) is 35.5 Å². The lowest BCUT2D eigenvalue weighted by Crippen LogP contribution is -2.54. The number of sulfonamides is 1. The van der Waals surface area contributed by atoms with Gasteiger partial charge in [0.15, 0.2) is 0 Å². The molecule has 2 atom stereocenters. The summed E-state index contributed by atoms with van der Waals surface area (Å²) in [6, 6.07) is 28.7. The highest BCUT2D eigenvalue weighted by Gasteiger charge is 2.35. The normalized spacial score (nSPS) is 12.5. The maximum absolute atomic E-state index is 14.7. The number of anilines is 1. The summed E-state index contributed by atoms with van der Waals surface area (Å²) < 4.78 is 35.8. The number of ether oxygens (including phenoxy) is 1. The van der Waals surface area contributed by atoms with E-state index >= 15 is 0 Å². The van der Waals surface area contributed by atoms with Gasteiger partial charge in [-0.25, -0.2) is 8.42 Å². The number of nitrogens with zero attached hydrogens (tertiary/aromatic N) is 2. The zero-order valence-corrected chi connectivity index (χ0v) is 30.0. The van der Waals surface area contributed by atoms with Gasteiger partial charge in [-0.3, -0.25) is 13.9 Å². The molecule has 0 fully saturated rings. The fraction of sp³-hybridized carbons (Fsp3) is 0.297. The fourth-order valence-electron chi connectivity index (χ4n) is 5.11. The second-order valence-electron chi connectivity index (χ2n) is 11.3. The zero-order valence-electron chi connectivity index (χ0n) is 27.6. The van der Waals surface area contributed by atoms with Crippen LogP contribution < -0.4 is 14.4 Å². The first-order chi connectivity index (χ1) is 23.1. The predicted octanol–water partition coefficient (Wildman–Crippen LogP) is 7.21. The van der Waals surface area contributed by atoms with E-state index in [0.29, 0.717) is 23.8 Å². The van der Waals surface area contributed by atoms with Crippen LogP contribution in [0.1, 0.15) is 38.3 Å². The summed E-state index contributed by atoms with van der Waals surface area (Å²) in [5, 5.41) is 3.58. The Bertz CT molecular complexity index is 1750. The van der Waals surface area contributed by atoms with Crippen LogP contribution in [-0.2, 0) is 32.6 Å². The van der Waals surface area contributed by atoms with Gasteiger partial charge in [0.2, 0.25) is 11.8 Å². The number of carbonyl (C=O) groups excluding carboxylic acids is 2. The van der Waals surface area contributed by atoms with E-state index < -0.39 is 28.5 Å². The van der Waals surface area contributed by atoms with E-state index in [2.05, 4.69) is 5.32 Å². The molecule has 0 heterocycles. The van der Waals surface area contributed by atoms with Gasteiger partial charge in [0.25, 0.3) is 10.0 Å². The minimum atomic E-state index is -4.28. The molecule has 0 aromatic heterocycles. The lowest BCUT2D eigenvalue weighted by molar-refractivity contribution is -0.140. The van der Waals surface area contributed by atoms with E-state index in [4.69, 9.17) is 16.3 Å². The number of amides is 2. The molecule has 0 unspecified atom stereocenters. The number of thioether (sulfide) groups is 1. The summed E-state index contributed by atoms with van der Waals surface area (Å²) in [6.07, 6.45) is 2.83. The molecular formula is C37H42ClN3O5S2. The van der Waals surface area contributed by atoms with Gasteiger partial charge in [0.05, 0.1) is 17.2 Å². The third kappa shape index (κ3) is 9.55. The highest BCUT2D eigenvalue weighted by Crippen LogP contribution is 2.33. The molecule has 0 saturated carbocycles. The van der Waals surface area contributed by atoms with Crippen molar-refractivity contribution in [1.82, 2.24) is 10.2 Å². The molecule has 0 aliphatic rings. The molecule has 0 spiro atoms. The van der Waals surface area contributed by atoms with Crippen molar-refractivity contribution in [3.05, 3.63) is 119 Å². The molecule has 0 aliphatic carbocycles. The Morgan fingerprint density at radius 3 is 2.15 bits per heavy atom. The van der Waals surface area contributed by atoms with Crippen LogP contribution in [-0.4, -0.2) is 56.6 Å². The number of rotatable bonds is 16. The molecule has 4 aromatic rings. The second-order valence-corrected chi connectivity index (χ2v) is 14.4. The quantitative estimate of drug-likeness (QED) is 0.124. The van der Waals surface area contributed by atoms with E-state index in [9.17, 15) is 18.0 Å². The first kappa shape index (κ1) is 36.8. The topological polar surface area (TPSA) is 96.0 Å². The highest BCUT2D eigenvalue weighted by molar-refractivity contribution is 7.98. The summed E-state index contributed by atoms with van der Waals surface area (Å²) in [5.74, 6) is -0.565. The van der Waals surface area contributed by atoms with Gasteiger partial charge in [0, 0.05) is 28.9 Å². The Balaban J connectivity index is 1.84. The van der Waals surface area contributed by atoms with Crippen molar-refractivity contribution in [3.63, 3.8) is 0 Å². The number of para-hydroxylation sites is 2. The number of hydrogen-bond donors (Lipinski definition) is 1. The minimum absolute atomic E-state index is 0.0269. The van der Waals surface area contributed by atoms with Gasteiger partial charge in [-0.15, -0.1) is 11.8 Å². The molecule has 0 radical (unpaired) electrons. The Labute approximate surface area is 293 Å². The smallest absolute Gasteiger partial charge is 0.264 e. The maximum Gasteiger partial charge on any atom is 0.264 e. The third-order valence-electron chi connectivity index (χ3n) is 7.90. The van der Waals surface area contributed by atoms with Crippen LogP contribution in [0.2, 0.25) is 5.02 Å². The zero-order chi connectivity index (χ0) is 34.7. The molecule has 8 nitrogen and oxygen atoms in total. The van der Waals surface area contributed by atoms with Crippen LogP contribution in [0.25, 0.3) is 0 Å². The third-order valence-corrected chi connectivity index (χ3v) is 10.7. The van der Waals surface area contributed by atoms with Gasteiger partial charge in [-0.05, 0) is 86.2 Å². The van der Waals surface area contributed by atoms with Crippen LogP contribution >= 0.6 is 23.4 Å². The highest BCUT2D eigenvalue weighted by atomic mass is 35.5. The first-order valence-electron chi connectivity index (χ1n) is 15.8. The van der Waals surface area contributed by atoms with Crippen molar-refractivity contribution in [2.24, 2.45) is 0 Å². The standard InChI is InChI=1S/C37H42ClN3O5S2/c1-5-27(3)39-37(43)34(24-28-12-8-7-9-13-28)40(25-29-16-18-30(38)19-17-29)36(42)26-41(33-14-10-11-15-35(33)46-6-2)48(44,45)32-22-20-31(47-4)21-23-32/h7-23,27,34H,5-6,24-26H2,1-4H3,(H,39,43)/t27-,34+/m0/s1. The summed E-state index contributed by atoms with van der Waals surface area (Å²) in [6.45, 7) is 5.44. The predicted molar refractivity (Wildman–Crippen MR) is 194 cm³/mol. The van der Waals surface area contributed by atoms with Crippen LogP contribution in [0, 0.1) is 0 Å². The molecule has 0 aliphatic heterocycles. The van der Waals surface area contributed by atoms with Gasteiger partial charge in [-0.1, -0.05) is 73.1 Å². The molecule has 48 heavy (non-hydrogen) atoms. The summed E-state index contributed by atoms with van der Waals surface area (Å²) >= 11 is 7.67. The lowest BCUT2D eigenvalue weighted by Gasteiger charge is -2.34. The fourth-order valence-corrected chi connectivity index (χ4v) is 7.07. The summed E-state index contributed by atoms with van der Waals surface area (Å²) in [4.78, 5) is 31.1. The van der Waals surface area contributed by atoms with Gasteiger partial charge in [-0.2, -0.15) is 0 Å². The van der Waals surface area contributed by atoms with Gasteiger partial charge in [0.1, 0.15) is 18.3 Å². The molecule has 0 bridgehead atoms. The Morgan fingerprint density at radius 1 is 0.875 bits per heavy atom. The van der Waals surface area contributed by atoms with E-state index in [1.807, 2.05) is 50.4 Å². The van der Waals surface area contributed by atoms with Crippen LogP contribution in [0.3, 0.4) is 0 Å². The molecule has 2 amide bonds. The molecular weight excluding hydrogens is 666 g/mol. The Kier molecular flexibility index (Phi) is 13.4. The minimum Gasteiger partial charge on any atom is -0.492 e. The largest absolute Gasteiger partial charge is 0.492 e. The van der Waals surface area contributed by atoms with Crippen molar-refractivity contribution >= 4 is 50.9 Å².